The third kappa shape index (κ3) is 5.08. The molecule has 0 spiro atoms. The number of anilines is 3. The number of methoxy groups -OCH3 is 1. The highest BCUT2D eigenvalue weighted by Gasteiger charge is 2.05. The van der Waals surface area contributed by atoms with E-state index in [4.69, 9.17) is 14.9 Å². The molecule has 0 aliphatic rings. The molecule has 0 aliphatic carbocycles. The minimum Gasteiger partial charge on any atom is -0.395 e. The predicted octanol–water partition coefficient (Wildman–Crippen LogP) is -1.30. The van der Waals surface area contributed by atoms with Gasteiger partial charge in [-0.05, 0) is 0 Å². The molecule has 102 valence electrons. The molecule has 1 heterocycles. The van der Waals surface area contributed by atoms with Gasteiger partial charge in [-0.25, -0.2) is 0 Å². The first kappa shape index (κ1) is 14.4. The lowest BCUT2D eigenvalue weighted by Gasteiger charge is -2.09. The van der Waals surface area contributed by atoms with E-state index in [2.05, 4.69) is 30.9 Å². The Kier molecular flexibility index (Phi) is 6.69. The van der Waals surface area contributed by atoms with E-state index >= 15 is 0 Å². The van der Waals surface area contributed by atoms with Crippen LogP contribution >= 0.6 is 0 Å². The van der Waals surface area contributed by atoms with Crippen molar-refractivity contribution >= 4 is 17.8 Å². The summed E-state index contributed by atoms with van der Waals surface area (Å²) in [6.45, 7) is 0.904. The zero-order valence-electron chi connectivity index (χ0n) is 10.2. The lowest BCUT2D eigenvalue weighted by molar-refractivity contribution is 0.220. The fourth-order valence-electron chi connectivity index (χ4n) is 1.09. The zero-order chi connectivity index (χ0) is 13.2. The Labute approximate surface area is 105 Å². The highest BCUT2D eigenvalue weighted by atomic mass is 16.5. The molecule has 0 fully saturated rings. The van der Waals surface area contributed by atoms with Gasteiger partial charge in [0, 0.05) is 20.2 Å². The predicted molar refractivity (Wildman–Crippen MR) is 66.5 cm³/mol. The van der Waals surface area contributed by atoms with Gasteiger partial charge in [-0.2, -0.15) is 15.0 Å². The van der Waals surface area contributed by atoms with Crippen LogP contribution in [0.4, 0.5) is 17.8 Å². The van der Waals surface area contributed by atoms with Crippen molar-refractivity contribution in [3.8, 4) is 0 Å². The van der Waals surface area contributed by atoms with Crippen molar-refractivity contribution < 1.29 is 14.9 Å². The van der Waals surface area contributed by atoms with Crippen LogP contribution in [-0.4, -0.2) is 65.3 Å². The van der Waals surface area contributed by atoms with E-state index < -0.39 is 0 Å². The van der Waals surface area contributed by atoms with Crippen LogP contribution in [-0.2, 0) is 4.74 Å². The Morgan fingerprint density at radius 3 is 1.72 bits per heavy atom. The smallest absolute Gasteiger partial charge is 0.231 e. The second-order valence-corrected chi connectivity index (χ2v) is 3.22. The van der Waals surface area contributed by atoms with Crippen molar-refractivity contribution in [1.82, 2.24) is 15.0 Å². The Morgan fingerprint density at radius 1 is 0.889 bits per heavy atom. The molecule has 0 amide bonds. The van der Waals surface area contributed by atoms with Crippen LogP contribution in [0.1, 0.15) is 0 Å². The molecule has 0 saturated heterocycles. The van der Waals surface area contributed by atoms with Crippen molar-refractivity contribution in [3.63, 3.8) is 0 Å². The summed E-state index contributed by atoms with van der Waals surface area (Å²) in [6.07, 6.45) is 0. The fourth-order valence-corrected chi connectivity index (χ4v) is 1.09. The molecule has 18 heavy (non-hydrogen) atoms. The minimum atomic E-state index is -0.0219. The number of hydrogen-bond acceptors (Lipinski definition) is 9. The number of ether oxygens (including phenoxy) is 1. The molecule has 0 radical (unpaired) electrons. The number of rotatable bonds is 9. The number of aromatic nitrogens is 3. The SMILES string of the molecule is COCNc1nc(NCCO)nc(NCCO)n1. The Hall–Kier alpha value is -1.71. The molecule has 1 aromatic heterocycles. The molecular weight excluding hydrogens is 240 g/mol. The van der Waals surface area contributed by atoms with Crippen LogP contribution in [0.2, 0.25) is 0 Å². The van der Waals surface area contributed by atoms with E-state index in [1.54, 1.807) is 7.11 Å². The molecule has 5 N–H and O–H groups in total. The third-order valence-electron chi connectivity index (χ3n) is 1.80. The van der Waals surface area contributed by atoms with Gasteiger partial charge in [-0.1, -0.05) is 0 Å². The highest BCUT2D eigenvalue weighted by molar-refractivity contribution is 5.41. The summed E-state index contributed by atoms with van der Waals surface area (Å²) in [5.74, 6) is 1.00. The van der Waals surface area contributed by atoms with Crippen LogP contribution in [0.3, 0.4) is 0 Å². The maximum atomic E-state index is 8.73. The average Bonchev–Trinajstić information content (AvgIpc) is 2.40. The molecule has 9 heteroatoms. The fraction of sp³-hybridized carbons (Fsp3) is 0.667. The minimum absolute atomic E-state index is 0.0219. The van der Waals surface area contributed by atoms with Gasteiger partial charge in [-0.3, -0.25) is 0 Å². The van der Waals surface area contributed by atoms with Crippen molar-refractivity contribution in [2.45, 2.75) is 0 Å². The maximum Gasteiger partial charge on any atom is 0.231 e. The van der Waals surface area contributed by atoms with Gasteiger partial charge in [-0.15, -0.1) is 0 Å². The lowest BCUT2D eigenvalue weighted by atomic mass is 10.6. The third-order valence-corrected chi connectivity index (χ3v) is 1.80. The van der Waals surface area contributed by atoms with Crippen LogP contribution in [0.25, 0.3) is 0 Å². The second kappa shape index (κ2) is 8.39. The van der Waals surface area contributed by atoms with Gasteiger partial charge in [0.05, 0.1) is 13.2 Å². The van der Waals surface area contributed by atoms with Crippen molar-refractivity contribution in [1.29, 1.82) is 0 Å². The van der Waals surface area contributed by atoms with E-state index in [0.29, 0.717) is 30.9 Å². The van der Waals surface area contributed by atoms with Crippen LogP contribution in [0.5, 0.6) is 0 Å². The summed E-state index contributed by atoms with van der Waals surface area (Å²) in [7, 11) is 1.55. The van der Waals surface area contributed by atoms with Gasteiger partial charge < -0.3 is 30.9 Å². The van der Waals surface area contributed by atoms with Crippen LogP contribution in [0, 0.1) is 0 Å². The molecular formula is C9H18N6O3. The molecule has 0 aliphatic heterocycles. The van der Waals surface area contributed by atoms with Crippen molar-refractivity contribution in [3.05, 3.63) is 0 Å². The van der Waals surface area contributed by atoms with Gasteiger partial charge in [0.15, 0.2) is 0 Å². The Balaban J connectivity index is 2.74. The molecule has 0 aromatic carbocycles. The summed E-state index contributed by atoms with van der Waals surface area (Å²) < 4.78 is 4.86. The molecule has 9 nitrogen and oxygen atoms in total. The highest BCUT2D eigenvalue weighted by Crippen LogP contribution is 2.08. The van der Waals surface area contributed by atoms with Gasteiger partial charge in [0.1, 0.15) is 6.73 Å². The molecule has 0 unspecified atom stereocenters. The first-order valence-electron chi connectivity index (χ1n) is 5.48. The van der Waals surface area contributed by atoms with E-state index in [1.807, 2.05) is 0 Å². The van der Waals surface area contributed by atoms with Crippen LogP contribution < -0.4 is 16.0 Å². The van der Waals surface area contributed by atoms with E-state index in [9.17, 15) is 0 Å². The van der Waals surface area contributed by atoms with E-state index in [0.717, 1.165) is 0 Å². The molecule has 1 rings (SSSR count). The molecule has 0 atom stereocenters. The molecule has 1 aromatic rings. The summed E-state index contributed by atoms with van der Waals surface area (Å²) >= 11 is 0. The van der Waals surface area contributed by atoms with E-state index in [-0.39, 0.29) is 19.9 Å². The summed E-state index contributed by atoms with van der Waals surface area (Å²) in [6, 6.07) is 0. The topological polar surface area (TPSA) is 124 Å². The van der Waals surface area contributed by atoms with E-state index in [1.165, 1.54) is 0 Å². The number of nitrogens with one attached hydrogen (secondary N) is 3. The Bertz CT molecular complexity index is 286. The summed E-state index contributed by atoms with van der Waals surface area (Å²) in [4.78, 5) is 12.2. The summed E-state index contributed by atoms with van der Waals surface area (Å²) in [5.41, 5.74) is 0. The van der Waals surface area contributed by atoms with Crippen molar-refractivity contribution in [2.24, 2.45) is 0 Å². The maximum absolute atomic E-state index is 8.73. The average molecular weight is 258 g/mol. The monoisotopic (exact) mass is 258 g/mol. The van der Waals surface area contributed by atoms with Gasteiger partial charge in [0.2, 0.25) is 17.8 Å². The van der Waals surface area contributed by atoms with Gasteiger partial charge >= 0.3 is 0 Å². The molecule has 0 saturated carbocycles. The van der Waals surface area contributed by atoms with Crippen LogP contribution in [0.15, 0.2) is 0 Å². The zero-order valence-corrected chi connectivity index (χ0v) is 10.2. The number of nitrogens with zero attached hydrogens (tertiary/aromatic N) is 3. The van der Waals surface area contributed by atoms with Gasteiger partial charge in [0.25, 0.3) is 0 Å². The quantitative estimate of drug-likeness (QED) is 0.343. The normalized spacial score (nSPS) is 10.2. The first-order valence-corrected chi connectivity index (χ1v) is 5.48. The number of hydrogen-bond donors (Lipinski definition) is 5. The Morgan fingerprint density at radius 2 is 1.33 bits per heavy atom. The molecule has 0 bridgehead atoms. The first-order chi connectivity index (χ1) is 8.80. The number of aliphatic hydroxyl groups is 2. The lowest BCUT2D eigenvalue weighted by Crippen LogP contribution is -2.16. The standard InChI is InChI=1S/C9H18N6O3/c1-18-6-12-9-14-7(10-2-4-16)13-8(15-9)11-3-5-17/h16-17H,2-6H2,1H3,(H3,10,11,12,13,14,15). The summed E-state index contributed by atoms with van der Waals surface area (Å²) in [5, 5.41) is 26.0. The second-order valence-electron chi connectivity index (χ2n) is 3.22. The van der Waals surface area contributed by atoms with Crippen molar-refractivity contribution in [2.75, 3.05) is 56.1 Å². The largest absolute Gasteiger partial charge is 0.395 e. The number of aliphatic hydroxyl groups excluding tert-OH is 2.